The molecule has 0 aliphatic rings. The van der Waals surface area contributed by atoms with E-state index in [4.69, 9.17) is 5.11 Å². The molecule has 0 bridgehead atoms. The number of phenolic OH excluding ortho intramolecular Hbond substituents is 1. The molecule has 0 saturated carbocycles. The summed E-state index contributed by atoms with van der Waals surface area (Å²) in [6, 6.07) is 5.17. The smallest absolute Gasteiger partial charge is 0.356 e. The van der Waals surface area contributed by atoms with E-state index in [2.05, 4.69) is 5.10 Å². The fourth-order valence-corrected chi connectivity index (χ4v) is 2.28. The molecule has 2 N–H and O–H groups in total. The summed E-state index contributed by atoms with van der Waals surface area (Å²) in [4.78, 5) is 13.0. The van der Waals surface area contributed by atoms with Crippen LogP contribution in [0.25, 0.3) is 11.3 Å². The maximum Gasteiger partial charge on any atom is 0.356 e. The number of aryl methyl sites for hydroxylation is 2. The van der Waals surface area contributed by atoms with Gasteiger partial charge in [0.2, 0.25) is 0 Å². The summed E-state index contributed by atoms with van der Waals surface area (Å²) in [7, 11) is 5.52. The van der Waals surface area contributed by atoms with Gasteiger partial charge in [0.05, 0.1) is 5.69 Å². The standard InChI is InChI=1S/C15H19N3O3/c1-9-5-6-10(14(19)11(9)8-17(2)3)13-7-12(15(20)21)16-18(13)4/h5-7,19H,8H2,1-4H3,(H,20,21). The van der Waals surface area contributed by atoms with E-state index in [1.165, 1.54) is 10.7 Å². The normalized spacial score (nSPS) is 11.1. The number of aromatic nitrogens is 2. The van der Waals surface area contributed by atoms with Crippen molar-refractivity contribution < 1.29 is 15.0 Å². The molecule has 0 aliphatic heterocycles. The molecular weight excluding hydrogens is 270 g/mol. The highest BCUT2D eigenvalue weighted by atomic mass is 16.4. The lowest BCUT2D eigenvalue weighted by Crippen LogP contribution is -2.12. The maximum absolute atomic E-state index is 11.0. The van der Waals surface area contributed by atoms with Crippen molar-refractivity contribution in [3.8, 4) is 17.0 Å². The zero-order chi connectivity index (χ0) is 15.7. The summed E-state index contributed by atoms with van der Waals surface area (Å²) in [5.41, 5.74) is 2.94. The molecule has 0 amide bonds. The average Bonchev–Trinajstić information content (AvgIpc) is 2.77. The summed E-state index contributed by atoms with van der Waals surface area (Å²) in [5, 5.41) is 23.5. The second-order valence-corrected chi connectivity index (χ2v) is 5.34. The van der Waals surface area contributed by atoms with Crippen LogP contribution >= 0.6 is 0 Å². The number of aromatic hydroxyl groups is 1. The Kier molecular flexibility index (Phi) is 3.99. The van der Waals surface area contributed by atoms with E-state index in [9.17, 15) is 9.90 Å². The van der Waals surface area contributed by atoms with Gasteiger partial charge in [-0.2, -0.15) is 5.10 Å². The third-order valence-electron chi connectivity index (χ3n) is 3.37. The Morgan fingerprint density at radius 1 is 1.38 bits per heavy atom. The monoisotopic (exact) mass is 289 g/mol. The molecule has 21 heavy (non-hydrogen) atoms. The van der Waals surface area contributed by atoms with Gasteiger partial charge in [-0.3, -0.25) is 4.68 Å². The van der Waals surface area contributed by atoms with E-state index in [-0.39, 0.29) is 11.4 Å². The number of carboxylic acids is 1. The molecule has 0 atom stereocenters. The maximum atomic E-state index is 11.0. The van der Waals surface area contributed by atoms with E-state index < -0.39 is 5.97 Å². The summed E-state index contributed by atoms with van der Waals surface area (Å²) in [6.45, 7) is 2.55. The highest BCUT2D eigenvalue weighted by Gasteiger charge is 2.18. The molecule has 0 unspecified atom stereocenters. The van der Waals surface area contributed by atoms with Crippen molar-refractivity contribution in [2.24, 2.45) is 7.05 Å². The molecule has 112 valence electrons. The van der Waals surface area contributed by atoms with Crippen LogP contribution < -0.4 is 0 Å². The molecule has 2 rings (SSSR count). The lowest BCUT2D eigenvalue weighted by atomic mass is 10.0. The van der Waals surface area contributed by atoms with Crippen molar-refractivity contribution in [3.63, 3.8) is 0 Å². The van der Waals surface area contributed by atoms with E-state index in [0.717, 1.165) is 11.1 Å². The zero-order valence-electron chi connectivity index (χ0n) is 12.6. The quantitative estimate of drug-likeness (QED) is 0.898. The number of nitrogens with zero attached hydrogens (tertiary/aromatic N) is 3. The van der Waals surface area contributed by atoms with Gasteiger partial charge in [-0.15, -0.1) is 0 Å². The second-order valence-electron chi connectivity index (χ2n) is 5.34. The molecule has 2 aromatic rings. The SMILES string of the molecule is Cc1ccc(-c2cc(C(=O)O)nn2C)c(O)c1CN(C)C. The van der Waals surface area contributed by atoms with Crippen molar-refractivity contribution in [1.29, 1.82) is 0 Å². The number of hydrogen-bond acceptors (Lipinski definition) is 4. The van der Waals surface area contributed by atoms with Crippen molar-refractivity contribution in [2.45, 2.75) is 13.5 Å². The molecule has 0 saturated heterocycles. The highest BCUT2D eigenvalue weighted by molar-refractivity contribution is 5.87. The zero-order valence-corrected chi connectivity index (χ0v) is 12.6. The van der Waals surface area contributed by atoms with Crippen LogP contribution in [-0.2, 0) is 13.6 Å². The number of carbonyl (C=O) groups is 1. The van der Waals surface area contributed by atoms with Crippen LogP contribution in [0.5, 0.6) is 5.75 Å². The molecule has 1 heterocycles. The van der Waals surface area contributed by atoms with Crippen molar-refractivity contribution in [1.82, 2.24) is 14.7 Å². The molecule has 6 nitrogen and oxygen atoms in total. The van der Waals surface area contributed by atoms with Crippen LogP contribution in [0.4, 0.5) is 0 Å². The lowest BCUT2D eigenvalue weighted by molar-refractivity contribution is 0.0689. The second kappa shape index (κ2) is 5.57. The summed E-state index contributed by atoms with van der Waals surface area (Å²) < 4.78 is 1.47. The number of carboxylic acid groups (broad SMARTS) is 1. The lowest BCUT2D eigenvalue weighted by Gasteiger charge is -2.16. The fraction of sp³-hybridized carbons (Fsp3) is 0.333. The van der Waals surface area contributed by atoms with Gasteiger partial charge >= 0.3 is 5.97 Å². The fourth-order valence-electron chi connectivity index (χ4n) is 2.28. The summed E-state index contributed by atoms with van der Waals surface area (Å²) in [5.74, 6) is -0.916. The minimum absolute atomic E-state index is 0.0402. The first kappa shape index (κ1) is 15.1. The molecular formula is C15H19N3O3. The third-order valence-corrected chi connectivity index (χ3v) is 3.37. The Bertz CT molecular complexity index is 690. The van der Waals surface area contributed by atoms with Gasteiger partial charge in [0.15, 0.2) is 5.69 Å². The van der Waals surface area contributed by atoms with Gasteiger partial charge in [0, 0.05) is 24.7 Å². The molecule has 0 spiro atoms. The first-order valence-electron chi connectivity index (χ1n) is 6.55. The van der Waals surface area contributed by atoms with Crippen LogP contribution in [0.15, 0.2) is 18.2 Å². The predicted molar refractivity (Wildman–Crippen MR) is 79.4 cm³/mol. The van der Waals surface area contributed by atoms with E-state index >= 15 is 0 Å². The van der Waals surface area contributed by atoms with Gasteiger partial charge < -0.3 is 15.1 Å². The van der Waals surface area contributed by atoms with Gasteiger partial charge in [-0.05, 0) is 38.7 Å². The average molecular weight is 289 g/mol. The number of benzene rings is 1. The molecule has 1 aromatic carbocycles. The van der Waals surface area contributed by atoms with Gasteiger partial charge in [-0.25, -0.2) is 4.79 Å². The topological polar surface area (TPSA) is 78.6 Å². The molecule has 0 radical (unpaired) electrons. The van der Waals surface area contributed by atoms with Crippen LogP contribution in [0.3, 0.4) is 0 Å². The molecule has 0 fully saturated rings. The Morgan fingerprint density at radius 2 is 2.05 bits per heavy atom. The van der Waals surface area contributed by atoms with Crippen LogP contribution in [0, 0.1) is 6.92 Å². The number of aromatic carboxylic acids is 1. The minimum atomic E-state index is -1.09. The number of phenols is 1. The highest BCUT2D eigenvalue weighted by Crippen LogP contribution is 2.34. The van der Waals surface area contributed by atoms with Gasteiger partial charge in [-0.1, -0.05) is 6.07 Å². The van der Waals surface area contributed by atoms with Gasteiger partial charge in [0.1, 0.15) is 5.75 Å². The summed E-state index contributed by atoms with van der Waals surface area (Å²) >= 11 is 0. The van der Waals surface area contributed by atoms with Gasteiger partial charge in [0.25, 0.3) is 0 Å². The summed E-state index contributed by atoms with van der Waals surface area (Å²) in [6.07, 6.45) is 0. The number of hydrogen-bond donors (Lipinski definition) is 2. The van der Waals surface area contributed by atoms with Crippen LogP contribution in [0.1, 0.15) is 21.6 Å². The first-order valence-corrected chi connectivity index (χ1v) is 6.55. The molecule has 6 heteroatoms. The van der Waals surface area contributed by atoms with Crippen LogP contribution in [-0.4, -0.2) is 45.0 Å². The number of rotatable bonds is 4. The molecule has 1 aromatic heterocycles. The van der Waals surface area contributed by atoms with E-state index in [1.54, 1.807) is 13.1 Å². The molecule has 0 aliphatic carbocycles. The van der Waals surface area contributed by atoms with Crippen molar-refractivity contribution >= 4 is 5.97 Å². The minimum Gasteiger partial charge on any atom is -0.507 e. The van der Waals surface area contributed by atoms with E-state index in [1.807, 2.05) is 32.0 Å². The Morgan fingerprint density at radius 3 is 2.57 bits per heavy atom. The Balaban J connectivity index is 2.57. The first-order chi connectivity index (χ1) is 9.81. The van der Waals surface area contributed by atoms with Crippen molar-refractivity contribution in [3.05, 3.63) is 35.0 Å². The van der Waals surface area contributed by atoms with Crippen LogP contribution in [0.2, 0.25) is 0 Å². The largest absolute Gasteiger partial charge is 0.507 e. The van der Waals surface area contributed by atoms with E-state index in [0.29, 0.717) is 17.8 Å². The predicted octanol–water partition coefficient (Wildman–Crippen LogP) is 1.86. The third kappa shape index (κ3) is 2.90. The Labute approximate surface area is 123 Å². The Hall–Kier alpha value is -2.34. The van der Waals surface area contributed by atoms with Crippen molar-refractivity contribution in [2.75, 3.05) is 14.1 Å².